The van der Waals surface area contributed by atoms with E-state index in [2.05, 4.69) is 30.4 Å². The van der Waals surface area contributed by atoms with E-state index in [1.54, 1.807) is 10.6 Å². The molecule has 1 heterocycles. The molecular weight excluding hydrogens is 312 g/mol. The summed E-state index contributed by atoms with van der Waals surface area (Å²) >= 11 is 2.34. The molecule has 2 nitrogen and oxygen atoms in total. The molecule has 0 N–H and O–H groups in total. The Morgan fingerprint density at radius 3 is 2.44 bits per heavy atom. The predicted octanol–water partition coefficient (Wildman–Crippen LogP) is 1.90. The van der Waals surface area contributed by atoms with Crippen LogP contribution in [0.15, 0.2) is 53.5 Å². The van der Waals surface area contributed by atoms with Gasteiger partial charge in [0.05, 0.1) is 0 Å². The lowest BCUT2D eigenvalue weighted by Gasteiger charge is -2.09. The van der Waals surface area contributed by atoms with Gasteiger partial charge in [0, 0.05) is 21.8 Å². The Labute approximate surface area is 109 Å². The second-order valence-corrected chi connectivity index (χ2v) is 5.49. The van der Waals surface area contributed by atoms with Crippen molar-refractivity contribution in [1.82, 2.24) is 4.57 Å². The molecule has 16 heavy (non-hydrogen) atoms. The van der Waals surface area contributed by atoms with Gasteiger partial charge in [-0.2, -0.15) is 0 Å². The van der Waals surface area contributed by atoms with Crippen LogP contribution in [-0.4, -0.2) is 12.4 Å². The lowest BCUT2D eigenvalue weighted by molar-refractivity contribution is 0.973. The van der Waals surface area contributed by atoms with Crippen molar-refractivity contribution in [3.05, 3.63) is 64.6 Å². The summed E-state index contributed by atoms with van der Waals surface area (Å²) in [5.74, 6) is 0. The Hall–Kier alpha value is -1.04. The summed E-state index contributed by atoms with van der Waals surface area (Å²) in [7, 11) is 2.11. The van der Waals surface area contributed by atoms with E-state index in [9.17, 15) is 4.79 Å². The number of hydrogen-bond acceptors (Lipinski definition) is 1. The Morgan fingerprint density at radius 2 is 1.81 bits per heavy atom. The van der Waals surface area contributed by atoms with Crippen molar-refractivity contribution in [2.45, 2.75) is 3.82 Å². The predicted molar refractivity (Wildman–Crippen MR) is 77.3 cm³/mol. The molecular formula is C12H11BINO. The molecule has 2 rings (SSSR count). The first-order chi connectivity index (χ1) is 7.68. The molecule has 0 saturated carbocycles. The topological polar surface area (TPSA) is 22.0 Å². The number of para-hydroxylation sites is 1. The van der Waals surface area contributed by atoms with Crippen molar-refractivity contribution in [3.63, 3.8) is 0 Å². The molecule has 2 aromatic rings. The fraction of sp³-hybridized carbons (Fsp3) is 0.0833. The summed E-state index contributed by atoms with van der Waals surface area (Å²) in [5, 5.41) is 0. The SMILES string of the molecule is BC(I)c1ccc(=O)n(-c2ccccc2)c1. The summed E-state index contributed by atoms with van der Waals surface area (Å²) in [5.41, 5.74) is 2.07. The van der Waals surface area contributed by atoms with Crippen LogP contribution in [0.3, 0.4) is 0 Å². The van der Waals surface area contributed by atoms with Crippen LogP contribution >= 0.6 is 22.6 Å². The zero-order valence-corrected chi connectivity index (χ0v) is 11.1. The van der Waals surface area contributed by atoms with Gasteiger partial charge in [-0.3, -0.25) is 9.36 Å². The van der Waals surface area contributed by atoms with Gasteiger partial charge in [-0.1, -0.05) is 46.9 Å². The van der Waals surface area contributed by atoms with E-state index < -0.39 is 0 Å². The average Bonchev–Trinajstić information content (AvgIpc) is 2.30. The molecule has 0 bridgehead atoms. The minimum absolute atomic E-state index is 0.00648. The highest BCUT2D eigenvalue weighted by Crippen LogP contribution is 2.18. The van der Waals surface area contributed by atoms with Crippen LogP contribution in [0.25, 0.3) is 5.69 Å². The Morgan fingerprint density at radius 1 is 1.12 bits per heavy atom. The molecule has 80 valence electrons. The lowest BCUT2D eigenvalue weighted by atomic mass is 9.98. The summed E-state index contributed by atoms with van der Waals surface area (Å²) in [6.45, 7) is 0. The number of aromatic nitrogens is 1. The van der Waals surface area contributed by atoms with Crippen LogP contribution in [0.1, 0.15) is 9.39 Å². The highest BCUT2D eigenvalue weighted by molar-refractivity contribution is 14.1. The van der Waals surface area contributed by atoms with Gasteiger partial charge >= 0.3 is 0 Å². The monoisotopic (exact) mass is 323 g/mol. The zero-order valence-electron chi connectivity index (χ0n) is 8.93. The van der Waals surface area contributed by atoms with Crippen LogP contribution in [0.2, 0.25) is 0 Å². The number of halogens is 1. The molecule has 0 fully saturated rings. The van der Waals surface area contributed by atoms with Gasteiger partial charge in [-0.15, -0.1) is 0 Å². The Kier molecular flexibility index (Phi) is 3.48. The van der Waals surface area contributed by atoms with Gasteiger partial charge in [0.25, 0.3) is 5.56 Å². The van der Waals surface area contributed by atoms with Crippen molar-refractivity contribution in [1.29, 1.82) is 0 Å². The fourth-order valence-corrected chi connectivity index (χ4v) is 1.90. The standard InChI is InChI=1S/C12H11BINO/c13-12(14)9-6-7-11(16)15(8-9)10-4-2-1-3-5-10/h1-8,12H,13H2. The number of alkyl halides is 1. The molecule has 0 aliphatic rings. The molecule has 0 saturated heterocycles. The van der Waals surface area contributed by atoms with Crippen molar-refractivity contribution in [2.24, 2.45) is 0 Å². The van der Waals surface area contributed by atoms with E-state index in [0.717, 1.165) is 11.3 Å². The van der Waals surface area contributed by atoms with E-state index in [-0.39, 0.29) is 5.56 Å². The van der Waals surface area contributed by atoms with Gasteiger partial charge in [-0.25, -0.2) is 0 Å². The van der Waals surface area contributed by atoms with E-state index in [4.69, 9.17) is 0 Å². The smallest absolute Gasteiger partial charge is 0.255 e. The molecule has 0 spiro atoms. The number of hydrogen-bond donors (Lipinski definition) is 0. The first-order valence-electron chi connectivity index (χ1n) is 5.10. The Balaban J connectivity index is 2.56. The zero-order chi connectivity index (χ0) is 11.5. The van der Waals surface area contributed by atoms with Crippen LogP contribution < -0.4 is 5.56 Å². The third-order valence-electron chi connectivity index (χ3n) is 2.43. The van der Waals surface area contributed by atoms with Crippen molar-refractivity contribution < 1.29 is 0 Å². The van der Waals surface area contributed by atoms with Gasteiger partial charge in [0.1, 0.15) is 7.85 Å². The summed E-state index contributed by atoms with van der Waals surface area (Å²) in [6.07, 6.45) is 1.91. The summed E-state index contributed by atoms with van der Waals surface area (Å²) in [6, 6.07) is 13.2. The van der Waals surface area contributed by atoms with Gasteiger partial charge in [0.15, 0.2) is 0 Å². The number of pyridine rings is 1. The summed E-state index contributed by atoms with van der Waals surface area (Å²) in [4.78, 5) is 11.8. The molecule has 1 aromatic carbocycles. The maximum atomic E-state index is 11.8. The van der Waals surface area contributed by atoms with Crippen LogP contribution in [0.4, 0.5) is 0 Å². The van der Waals surface area contributed by atoms with Crippen molar-refractivity contribution >= 4 is 30.4 Å². The number of benzene rings is 1. The quantitative estimate of drug-likeness (QED) is 0.470. The van der Waals surface area contributed by atoms with Gasteiger partial charge in [-0.05, 0) is 17.7 Å². The molecule has 0 radical (unpaired) electrons. The molecule has 1 atom stereocenters. The van der Waals surface area contributed by atoms with Crippen LogP contribution in [-0.2, 0) is 0 Å². The van der Waals surface area contributed by atoms with E-state index in [0.29, 0.717) is 3.82 Å². The third kappa shape index (κ3) is 2.37. The maximum Gasteiger partial charge on any atom is 0.255 e. The molecule has 4 heteroatoms. The first kappa shape index (κ1) is 11.5. The molecule has 1 unspecified atom stereocenters. The third-order valence-corrected chi connectivity index (χ3v) is 3.15. The van der Waals surface area contributed by atoms with E-state index >= 15 is 0 Å². The van der Waals surface area contributed by atoms with Crippen LogP contribution in [0, 0.1) is 0 Å². The summed E-state index contributed by atoms with van der Waals surface area (Å²) < 4.78 is 2.08. The minimum atomic E-state index is 0.00648. The largest absolute Gasteiger partial charge is 0.284 e. The van der Waals surface area contributed by atoms with Gasteiger partial charge < -0.3 is 0 Å². The Bertz CT molecular complexity index is 536. The molecule has 0 amide bonds. The van der Waals surface area contributed by atoms with E-state index in [1.165, 1.54) is 0 Å². The average molecular weight is 323 g/mol. The fourth-order valence-electron chi connectivity index (χ4n) is 1.53. The van der Waals surface area contributed by atoms with E-state index in [1.807, 2.05) is 42.6 Å². The molecule has 0 aliphatic heterocycles. The maximum absolute atomic E-state index is 11.8. The first-order valence-corrected chi connectivity index (χ1v) is 6.35. The molecule has 1 aromatic heterocycles. The highest BCUT2D eigenvalue weighted by atomic mass is 127. The normalized spacial score (nSPS) is 12.3. The molecule has 0 aliphatic carbocycles. The number of rotatable bonds is 2. The van der Waals surface area contributed by atoms with Crippen molar-refractivity contribution in [2.75, 3.05) is 0 Å². The van der Waals surface area contributed by atoms with Crippen LogP contribution in [0.5, 0.6) is 0 Å². The lowest BCUT2D eigenvalue weighted by Crippen LogP contribution is -2.17. The minimum Gasteiger partial charge on any atom is -0.284 e. The van der Waals surface area contributed by atoms with Crippen molar-refractivity contribution in [3.8, 4) is 5.69 Å². The number of nitrogens with zero attached hydrogens (tertiary/aromatic N) is 1. The van der Waals surface area contributed by atoms with Gasteiger partial charge in [0.2, 0.25) is 0 Å². The second kappa shape index (κ2) is 4.87. The highest BCUT2D eigenvalue weighted by Gasteiger charge is 2.04. The second-order valence-electron chi connectivity index (χ2n) is 3.62.